The number of nitrogens with zero attached hydrogens (tertiary/aromatic N) is 4. The lowest BCUT2D eigenvalue weighted by Gasteiger charge is -2.07. The molecular weight excluding hydrogens is 270 g/mol. The number of hydrogen-bond donors (Lipinski definition) is 1. The van der Waals surface area contributed by atoms with Crippen molar-refractivity contribution in [2.24, 2.45) is 0 Å². The molecule has 0 amide bonds. The van der Waals surface area contributed by atoms with Gasteiger partial charge in [-0.1, -0.05) is 6.92 Å². The minimum atomic E-state index is 0.728. The maximum atomic E-state index is 4.56. The molecule has 0 saturated carbocycles. The maximum Gasteiger partial charge on any atom is 0.194 e. The Morgan fingerprint density at radius 2 is 1.75 bits per heavy atom. The second-order valence-corrected chi connectivity index (χ2v) is 5.53. The monoisotopic (exact) mass is 289 g/mol. The summed E-state index contributed by atoms with van der Waals surface area (Å²) >= 11 is 1.47. The first-order valence-corrected chi connectivity index (χ1v) is 7.48. The second-order valence-electron chi connectivity index (χ2n) is 4.54. The van der Waals surface area contributed by atoms with Crippen LogP contribution in [0.25, 0.3) is 0 Å². The van der Waals surface area contributed by atoms with Crippen LogP contribution >= 0.6 is 11.8 Å². The molecule has 0 unspecified atom stereocenters. The molecule has 0 saturated heterocycles. The first kappa shape index (κ1) is 14.7. The van der Waals surface area contributed by atoms with Crippen LogP contribution in [0.5, 0.6) is 0 Å². The minimum absolute atomic E-state index is 0.728. The average molecular weight is 289 g/mol. The van der Waals surface area contributed by atoms with Crippen molar-refractivity contribution in [1.29, 1.82) is 0 Å². The summed E-state index contributed by atoms with van der Waals surface area (Å²) in [5.74, 6) is 1.68. The Hall–Kier alpha value is -1.69. The molecule has 2 rings (SSSR count). The standard InChI is InChI=1S/C14H19N5S/c1-5-6-11-18-12(15-4)8-13(19-11)20-14-16-9(2)7-10(3)17-14/h7-8H,5-6H2,1-4H3,(H,15,18,19). The summed E-state index contributed by atoms with van der Waals surface area (Å²) in [5.41, 5.74) is 1.94. The summed E-state index contributed by atoms with van der Waals surface area (Å²) in [7, 11) is 1.86. The molecule has 106 valence electrons. The van der Waals surface area contributed by atoms with Gasteiger partial charge in [-0.2, -0.15) is 0 Å². The third-order valence-electron chi connectivity index (χ3n) is 2.64. The first-order valence-electron chi connectivity index (χ1n) is 6.66. The molecule has 2 aromatic heterocycles. The summed E-state index contributed by atoms with van der Waals surface area (Å²) in [6.45, 7) is 6.07. The van der Waals surface area contributed by atoms with E-state index in [4.69, 9.17) is 0 Å². The lowest BCUT2D eigenvalue weighted by atomic mass is 10.3. The van der Waals surface area contributed by atoms with Crippen LogP contribution in [0.2, 0.25) is 0 Å². The van der Waals surface area contributed by atoms with Gasteiger partial charge in [-0.25, -0.2) is 19.9 Å². The van der Waals surface area contributed by atoms with Crippen LogP contribution in [0.4, 0.5) is 5.82 Å². The molecule has 20 heavy (non-hydrogen) atoms. The molecule has 5 nitrogen and oxygen atoms in total. The van der Waals surface area contributed by atoms with Gasteiger partial charge in [0.25, 0.3) is 0 Å². The molecule has 0 atom stereocenters. The topological polar surface area (TPSA) is 63.6 Å². The fraction of sp³-hybridized carbons (Fsp3) is 0.429. The van der Waals surface area contributed by atoms with Gasteiger partial charge >= 0.3 is 0 Å². The molecule has 0 aromatic carbocycles. The number of aryl methyl sites for hydroxylation is 3. The molecule has 0 bridgehead atoms. The molecule has 0 radical (unpaired) electrons. The van der Waals surface area contributed by atoms with Crippen LogP contribution in [-0.2, 0) is 6.42 Å². The average Bonchev–Trinajstić information content (AvgIpc) is 2.37. The quantitative estimate of drug-likeness (QED) is 0.674. The highest BCUT2D eigenvalue weighted by atomic mass is 32.2. The predicted octanol–water partition coefficient (Wildman–Crippen LogP) is 3.03. The van der Waals surface area contributed by atoms with Gasteiger partial charge < -0.3 is 5.32 Å². The van der Waals surface area contributed by atoms with E-state index in [2.05, 4.69) is 32.2 Å². The number of anilines is 1. The van der Waals surface area contributed by atoms with E-state index in [0.717, 1.165) is 46.1 Å². The molecule has 2 aromatic rings. The minimum Gasteiger partial charge on any atom is -0.373 e. The number of aromatic nitrogens is 4. The largest absolute Gasteiger partial charge is 0.373 e. The fourth-order valence-electron chi connectivity index (χ4n) is 1.82. The van der Waals surface area contributed by atoms with Gasteiger partial charge in [0, 0.05) is 30.9 Å². The highest BCUT2D eigenvalue weighted by Crippen LogP contribution is 2.25. The van der Waals surface area contributed by atoms with Gasteiger partial charge in [-0.15, -0.1) is 0 Å². The van der Waals surface area contributed by atoms with E-state index in [1.807, 2.05) is 33.0 Å². The molecule has 0 spiro atoms. The van der Waals surface area contributed by atoms with Gasteiger partial charge in [0.15, 0.2) is 5.16 Å². The highest BCUT2D eigenvalue weighted by molar-refractivity contribution is 7.99. The number of hydrogen-bond acceptors (Lipinski definition) is 6. The Kier molecular flexibility index (Phi) is 4.89. The Morgan fingerprint density at radius 1 is 1.05 bits per heavy atom. The number of rotatable bonds is 5. The molecule has 0 aliphatic carbocycles. The van der Waals surface area contributed by atoms with E-state index in [1.165, 1.54) is 11.8 Å². The maximum absolute atomic E-state index is 4.56. The van der Waals surface area contributed by atoms with Crippen molar-refractivity contribution >= 4 is 17.6 Å². The van der Waals surface area contributed by atoms with Crippen molar-refractivity contribution in [2.45, 2.75) is 43.8 Å². The van der Waals surface area contributed by atoms with Gasteiger partial charge in [0.1, 0.15) is 16.7 Å². The highest BCUT2D eigenvalue weighted by Gasteiger charge is 2.08. The molecule has 0 aliphatic rings. The van der Waals surface area contributed by atoms with E-state index in [9.17, 15) is 0 Å². The van der Waals surface area contributed by atoms with Crippen molar-refractivity contribution in [3.05, 3.63) is 29.3 Å². The Balaban J connectivity index is 2.29. The van der Waals surface area contributed by atoms with Crippen LogP contribution in [0, 0.1) is 13.8 Å². The normalized spacial score (nSPS) is 10.6. The van der Waals surface area contributed by atoms with E-state index < -0.39 is 0 Å². The van der Waals surface area contributed by atoms with Gasteiger partial charge in [0.2, 0.25) is 0 Å². The zero-order valence-corrected chi connectivity index (χ0v) is 13.1. The lowest BCUT2D eigenvalue weighted by molar-refractivity contribution is 0.809. The molecule has 0 aliphatic heterocycles. The van der Waals surface area contributed by atoms with Crippen molar-refractivity contribution in [3.8, 4) is 0 Å². The van der Waals surface area contributed by atoms with Gasteiger partial charge in [-0.05, 0) is 38.1 Å². The summed E-state index contributed by atoms with van der Waals surface area (Å²) in [6, 6.07) is 3.89. The third kappa shape index (κ3) is 3.90. The first-order chi connectivity index (χ1) is 9.60. The Labute approximate surface area is 123 Å². The summed E-state index contributed by atoms with van der Waals surface area (Å²) < 4.78 is 0. The van der Waals surface area contributed by atoms with Gasteiger partial charge in [-0.3, -0.25) is 0 Å². The molecule has 1 N–H and O–H groups in total. The van der Waals surface area contributed by atoms with Crippen molar-refractivity contribution in [1.82, 2.24) is 19.9 Å². The smallest absolute Gasteiger partial charge is 0.194 e. The van der Waals surface area contributed by atoms with Crippen LogP contribution in [-0.4, -0.2) is 27.0 Å². The summed E-state index contributed by atoms with van der Waals surface area (Å²) in [6.07, 6.45) is 1.90. The van der Waals surface area contributed by atoms with Crippen molar-refractivity contribution in [3.63, 3.8) is 0 Å². The molecule has 6 heteroatoms. The van der Waals surface area contributed by atoms with Crippen LogP contribution < -0.4 is 5.32 Å². The fourth-order valence-corrected chi connectivity index (χ4v) is 2.71. The second kappa shape index (κ2) is 6.65. The molecule has 0 fully saturated rings. The van der Waals surface area contributed by atoms with E-state index in [1.54, 1.807) is 0 Å². The molecule has 2 heterocycles. The van der Waals surface area contributed by atoms with Gasteiger partial charge in [0.05, 0.1) is 0 Å². The SMILES string of the molecule is CCCc1nc(NC)cc(Sc2nc(C)cc(C)n2)n1. The van der Waals surface area contributed by atoms with E-state index in [-0.39, 0.29) is 0 Å². The van der Waals surface area contributed by atoms with E-state index >= 15 is 0 Å². The van der Waals surface area contributed by atoms with E-state index in [0.29, 0.717) is 0 Å². The third-order valence-corrected chi connectivity index (χ3v) is 3.42. The van der Waals surface area contributed by atoms with Crippen LogP contribution in [0.1, 0.15) is 30.6 Å². The summed E-state index contributed by atoms with van der Waals surface area (Å²) in [5, 5.41) is 4.67. The van der Waals surface area contributed by atoms with Crippen molar-refractivity contribution < 1.29 is 0 Å². The molecular formula is C14H19N5S. The predicted molar refractivity (Wildman–Crippen MR) is 81.2 cm³/mol. The van der Waals surface area contributed by atoms with Crippen LogP contribution in [0.3, 0.4) is 0 Å². The van der Waals surface area contributed by atoms with Crippen LogP contribution in [0.15, 0.2) is 22.3 Å². The Morgan fingerprint density at radius 3 is 2.35 bits per heavy atom. The number of nitrogens with one attached hydrogen (secondary N) is 1. The van der Waals surface area contributed by atoms with Crippen molar-refractivity contribution in [2.75, 3.05) is 12.4 Å². The lowest BCUT2D eigenvalue weighted by Crippen LogP contribution is -2.01. The zero-order chi connectivity index (χ0) is 14.5. The Bertz CT molecular complexity index is 580. The summed E-state index contributed by atoms with van der Waals surface area (Å²) in [4.78, 5) is 17.9. The zero-order valence-electron chi connectivity index (χ0n) is 12.3.